The second-order valence-electron chi connectivity index (χ2n) is 5.72. The molecule has 0 N–H and O–H groups in total. The highest BCUT2D eigenvalue weighted by molar-refractivity contribution is 6.09. The van der Waals surface area contributed by atoms with Crippen molar-refractivity contribution in [2.75, 3.05) is 0 Å². The number of nitriles is 3. The van der Waals surface area contributed by atoms with Crippen LogP contribution in [0.3, 0.4) is 0 Å². The molecule has 0 amide bonds. The Kier molecular flexibility index (Phi) is 3.32. The molecule has 5 heteroatoms. The van der Waals surface area contributed by atoms with Crippen LogP contribution in [0.4, 0.5) is 0 Å². The molecule has 0 bridgehead atoms. The van der Waals surface area contributed by atoms with Gasteiger partial charge in [-0.25, -0.2) is 0 Å². The number of fused-ring (bicyclic) bond motifs is 1. The maximum atomic E-state index is 12.7. The van der Waals surface area contributed by atoms with Crippen LogP contribution >= 0.6 is 0 Å². The van der Waals surface area contributed by atoms with E-state index in [4.69, 9.17) is 4.42 Å². The fourth-order valence-corrected chi connectivity index (χ4v) is 3.77. The first kappa shape index (κ1) is 14.1. The minimum absolute atomic E-state index is 0.00982. The van der Waals surface area contributed by atoms with E-state index in [1.165, 1.54) is 6.26 Å². The summed E-state index contributed by atoms with van der Waals surface area (Å²) in [7, 11) is 0. The van der Waals surface area contributed by atoms with Crippen LogP contribution in [0.2, 0.25) is 0 Å². The second-order valence-corrected chi connectivity index (χ2v) is 5.72. The molecule has 0 unspecified atom stereocenters. The van der Waals surface area contributed by atoms with E-state index in [9.17, 15) is 20.6 Å². The van der Waals surface area contributed by atoms with E-state index < -0.39 is 17.1 Å². The SMILES string of the molecule is N#CC1=C2CCCC[C@H]2[C@H](c2ccco2)C(C#N)(C#N)C1=O. The van der Waals surface area contributed by atoms with E-state index in [1.54, 1.807) is 12.1 Å². The van der Waals surface area contributed by atoms with E-state index in [0.29, 0.717) is 12.2 Å². The monoisotopic (exact) mass is 291 g/mol. The zero-order valence-corrected chi connectivity index (χ0v) is 11.9. The summed E-state index contributed by atoms with van der Waals surface area (Å²) in [4.78, 5) is 12.7. The van der Waals surface area contributed by atoms with Gasteiger partial charge in [0.15, 0.2) is 0 Å². The molecule has 1 saturated carbocycles. The number of Topliss-reactive ketones (excluding diaryl/α,β-unsaturated/α-hetero) is 1. The molecule has 1 heterocycles. The number of nitrogens with zero attached hydrogens (tertiary/aromatic N) is 3. The summed E-state index contributed by atoms with van der Waals surface area (Å²) in [5, 5.41) is 28.6. The van der Waals surface area contributed by atoms with Crippen LogP contribution in [0.5, 0.6) is 0 Å². The lowest BCUT2D eigenvalue weighted by atomic mass is 9.56. The summed E-state index contributed by atoms with van der Waals surface area (Å²) in [5.74, 6) is -1.00. The van der Waals surface area contributed by atoms with Gasteiger partial charge in [0.2, 0.25) is 11.2 Å². The third-order valence-corrected chi connectivity index (χ3v) is 4.75. The second kappa shape index (κ2) is 5.17. The van der Waals surface area contributed by atoms with Crippen LogP contribution in [0.25, 0.3) is 0 Å². The van der Waals surface area contributed by atoms with Crippen molar-refractivity contribution in [2.24, 2.45) is 11.3 Å². The van der Waals surface area contributed by atoms with Crippen molar-refractivity contribution in [3.63, 3.8) is 0 Å². The fraction of sp³-hybridized carbons (Fsp3) is 0.412. The number of allylic oxidation sites excluding steroid dienone is 2. The van der Waals surface area contributed by atoms with Gasteiger partial charge in [0.25, 0.3) is 0 Å². The molecular formula is C17H13N3O2. The van der Waals surface area contributed by atoms with E-state index in [2.05, 4.69) is 0 Å². The molecule has 0 spiro atoms. The minimum atomic E-state index is -1.88. The number of ketones is 1. The Morgan fingerprint density at radius 3 is 2.59 bits per heavy atom. The topological polar surface area (TPSA) is 102 Å². The highest BCUT2D eigenvalue weighted by Crippen LogP contribution is 2.54. The molecule has 0 saturated heterocycles. The predicted molar refractivity (Wildman–Crippen MR) is 74.7 cm³/mol. The number of hydrogen-bond acceptors (Lipinski definition) is 5. The molecule has 1 aromatic rings. The lowest BCUT2D eigenvalue weighted by Gasteiger charge is -2.41. The molecule has 0 aliphatic heterocycles. The maximum Gasteiger partial charge on any atom is 0.217 e. The van der Waals surface area contributed by atoms with Gasteiger partial charge in [-0.1, -0.05) is 6.42 Å². The molecular weight excluding hydrogens is 278 g/mol. The molecule has 1 aromatic heterocycles. The van der Waals surface area contributed by atoms with Crippen molar-refractivity contribution in [2.45, 2.75) is 31.6 Å². The minimum Gasteiger partial charge on any atom is -0.469 e. The van der Waals surface area contributed by atoms with Crippen LogP contribution in [0.15, 0.2) is 34.0 Å². The van der Waals surface area contributed by atoms with E-state index >= 15 is 0 Å². The summed E-state index contributed by atoms with van der Waals surface area (Å²) >= 11 is 0. The first-order chi connectivity index (χ1) is 10.7. The maximum absolute atomic E-state index is 12.7. The largest absolute Gasteiger partial charge is 0.469 e. The van der Waals surface area contributed by atoms with Crippen molar-refractivity contribution >= 4 is 5.78 Å². The molecule has 2 atom stereocenters. The van der Waals surface area contributed by atoms with Gasteiger partial charge < -0.3 is 4.42 Å². The van der Waals surface area contributed by atoms with Crippen molar-refractivity contribution in [3.8, 4) is 18.2 Å². The zero-order chi connectivity index (χ0) is 15.7. The van der Waals surface area contributed by atoms with Crippen molar-refractivity contribution in [1.82, 2.24) is 0 Å². The lowest BCUT2D eigenvalue weighted by Crippen LogP contribution is -2.45. The van der Waals surface area contributed by atoms with Gasteiger partial charge in [0, 0.05) is 0 Å². The van der Waals surface area contributed by atoms with Gasteiger partial charge in [-0.2, -0.15) is 15.8 Å². The standard InChI is InChI=1S/C17H13N3O2/c18-8-13-11-4-1-2-5-12(11)15(14-6-3-7-22-14)17(9-19,10-20)16(13)21/h3,6-7,12,15H,1-2,4-5H2/t12-,15-/m1/s1. The molecule has 108 valence electrons. The van der Waals surface area contributed by atoms with Crippen molar-refractivity contribution in [1.29, 1.82) is 15.8 Å². The van der Waals surface area contributed by atoms with Gasteiger partial charge in [-0.05, 0) is 42.9 Å². The van der Waals surface area contributed by atoms with Crippen LogP contribution in [-0.4, -0.2) is 5.78 Å². The van der Waals surface area contributed by atoms with Gasteiger partial charge in [0.05, 0.1) is 29.9 Å². The van der Waals surface area contributed by atoms with Crippen LogP contribution in [-0.2, 0) is 4.79 Å². The Labute approximate surface area is 128 Å². The molecule has 2 aliphatic rings. The van der Waals surface area contributed by atoms with Crippen LogP contribution in [0.1, 0.15) is 37.4 Å². The van der Waals surface area contributed by atoms with E-state index in [1.807, 2.05) is 18.2 Å². The molecule has 2 aliphatic carbocycles. The third-order valence-electron chi connectivity index (χ3n) is 4.75. The fourth-order valence-electron chi connectivity index (χ4n) is 3.77. The van der Waals surface area contributed by atoms with Crippen molar-refractivity contribution in [3.05, 3.63) is 35.3 Å². The van der Waals surface area contributed by atoms with Crippen LogP contribution < -0.4 is 0 Å². The highest BCUT2D eigenvalue weighted by Gasteiger charge is 2.58. The Hall–Kier alpha value is -2.84. The summed E-state index contributed by atoms with van der Waals surface area (Å²) in [5.41, 5.74) is -1.08. The van der Waals surface area contributed by atoms with Crippen LogP contribution in [0, 0.1) is 45.3 Å². The van der Waals surface area contributed by atoms with Gasteiger partial charge >= 0.3 is 0 Å². The number of rotatable bonds is 1. The van der Waals surface area contributed by atoms with E-state index in [-0.39, 0.29) is 11.5 Å². The van der Waals surface area contributed by atoms with Gasteiger partial charge in [-0.3, -0.25) is 4.79 Å². The Bertz CT molecular complexity index is 754. The van der Waals surface area contributed by atoms with Gasteiger partial charge in [0.1, 0.15) is 11.8 Å². The summed E-state index contributed by atoms with van der Waals surface area (Å²) < 4.78 is 5.44. The lowest BCUT2D eigenvalue weighted by molar-refractivity contribution is -0.122. The molecule has 22 heavy (non-hydrogen) atoms. The van der Waals surface area contributed by atoms with Crippen molar-refractivity contribution < 1.29 is 9.21 Å². The molecule has 5 nitrogen and oxygen atoms in total. The molecule has 3 rings (SSSR count). The average Bonchev–Trinajstić information content (AvgIpc) is 3.08. The quantitative estimate of drug-likeness (QED) is 0.791. The Morgan fingerprint density at radius 2 is 2.00 bits per heavy atom. The summed E-state index contributed by atoms with van der Waals surface area (Å²) in [6, 6.07) is 9.12. The van der Waals surface area contributed by atoms with Gasteiger partial charge in [-0.15, -0.1) is 0 Å². The first-order valence-corrected chi connectivity index (χ1v) is 7.23. The zero-order valence-electron chi connectivity index (χ0n) is 11.9. The van der Waals surface area contributed by atoms with E-state index in [0.717, 1.165) is 24.8 Å². The summed E-state index contributed by atoms with van der Waals surface area (Å²) in [6.07, 6.45) is 4.77. The number of carbonyl (C=O) groups is 1. The highest BCUT2D eigenvalue weighted by atomic mass is 16.3. The first-order valence-electron chi connectivity index (χ1n) is 7.23. The number of hydrogen-bond donors (Lipinski definition) is 0. The summed E-state index contributed by atoms with van der Waals surface area (Å²) in [6.45, 7) is 0. The normalized spacial score (nSPS) is 26.5. The molecule has 0 aromatic carbocycles. The predicted octanol–water partition coefficient (Wildman–Crippen LogP) is 2.99. The number of furan rings is 1. The third kappa shape index (κ3) is 1.71. The molecule has 1 fully saturated rings. The Morgan fingerprint density at radius 1 is 1.23 bits per heavy atom. The smallest absolute Gasteiger partial charge is 0.217 e. The number of carbonyl (C=O) groups excluding carboxylic acids is 1. The average molecular weight is 291 g/mol. The molecule has 0 radical (unpaired) electrons. The Balaban J connectivity index is 2.29.